The average molecular weight is 447 g/mol. The van der Waals surface area contributed by atoms with Crippen LogP contribution in [0.25, 0.3) is 0 Å². The largest absolute Gasteiger partial charge is 0.482 e. The van der Waals surface area contributed by atoms with Crippen LogP contribution in [0.5, 0.6) is 5.75 Å². The van der Waals surface area contributed by atoms with E-state index in [4.69, 9.17) is 9.84 Å². The molecule has 170 valence electrons. The second-order valence-electron chi connectivity index (χ2n) is 7.45. The molecule has 0 radical (unpaired) electrons. The molecule has 2 aromatic carbocycles. The summed E-state index contributed by atoms with van der Waals surface area (Å²) < 4.78 is 5.20. The highest BCUT2D eigenvalue weighted by atomic mass is 16.5. The number of ether oxygens (including phenoxy) is 1. The Kier molecular flexibility index (Phi) is 7.26. The van der Waals surface area contributed by atoms with E-state index in [1.54, 1.807) is 24.4 Å². The van der Waals surface area contributed by atoms with Crippen molar-refractivity contribution < 1.29 is 14.6 Å². The van der Waals surface area contributed by atoms with Gasteiger partial charge in [0.05, 0.1) is 6.21 Å². The molecule has 3 aromatic rings. The van der Waals surface area contributed by atoms with Crippen molar-refractivity contribution >= 4 is 35.7 Å². The number of carboxylic acids is 1. The normalized spacial score (nSPS) is 13.6. The lowest BCUT2D eigenvalue weighted by Crippen LogP contribution is -2.31. The van der Waals surface area contributed by atoms with Crippen molar-refractivity contribution in [3.8, 4) is 5.75 Å². The van der Waals surface area contributed by atoms with Gasteiger partial charge in [0.25, 0.3) is 0 Å². The minimum atomic E-state index is -1.03. The highest BCUT2D eigenvalue weighted by molar-refractivity contribution is 5.80. The zero-order valence-electron chi connectivity index (χ0n) is 18.0. The van der Waals surface area contributed by atoms with Crippen LogP contribution in [0.1, 0.15) is 24.8 Å². The summed E-state index contributed by atoms with van der Waals surface area (Å²) in [5.41, 5.74) is 4.48. The first-order valence-electron chi connectivity index (χ1n) is 10.7. The zero-order chi connectivity index (χ0) is 22.9. The van der Waals surface area contributed by atoms with E-state index in [2.05, 4.69) is 35.7 Å². The highest BCUT2D eigenvalue weighted by Gasteiger charge is 2.16. The van der Waals surface area contributed by atoms with Crippen molar-refractivity contribution in [1.82, 2.24) is 15.0 Å². The fraction of sp³-hybridized carbons (Fsp3) is 0.261. The molecule has 3 N–H and O–H groups in total. The fourth-order valence-corrected chi connectivity index (χ4v) is 3.35. The van der Waals surface area contributed by atoms with Gasteiger partial charge in [-0.25, -0.2) is 10.2 Å². The van der Waals surface area contributed by atoms with E-state index in [0.717, 1.165) is 37.2 Å². The first-order chi connectivity index (χ1) is 16.2. The van der Waals surface area contributed by atoms with Gasteiger partial charge in [-0.05, 0) is 49.1 Å². The van der Waals surface area contributed by atoms with Gasteiger partial charge >= 0.3 is 5.97 Å². The van der Waals surface area contributed by atoms with Crippen LogP contribution in [-0.2, 0) is 4.79 Å². The van der Waals surface area contributed by atoms with Gasteiger partial charge in [0.15, 0.2) is 6.61 Å². The van der Waals surface area contributed by atoms with Crippen LogP contribution in [0.4, 0.5) is 23.5 Å². The van der Waals surface area contributed by atoms with Crippen molar-refractivity contribution in [2.45, 2.75) is 19.3 Å². The minimum Gasteiger partial charge on any atom is -0.482 e. The Bertz CT molecular complexity index is 1100. The molecular weight excluding hydrogens is 422 g/mol. The molecule has 0 unspecified atom stereocenters. The molecule has 4 rings (SSSR count). The number of piperidine rings is 1. The van der Waals surface area contributed by atoms with E-state index in [-0.39, 0.29) is 0 Å². The number of carboxylic acid groups (broad SMARTS) is 1. The number of hydrogen-bond acceptors (Lipinski definition) is 9. The molecule has 0 spiro atoms. The first-order valence-corrected chi connectivity index (χ1v) is 10.7. The van der Waals surface area contributed by atoms with Gasteiger partial charge in [0.1, 0.15) is 5.75 Å². The Morgan fingerprint density at radius 2 is 1.82 bits per heavy atom. The van der Waals surface area contributed by atoms with Gasteiger partial charge in [-0.3, -0.25) is 0 Å². The summed E-state index contributed by atoms with van der Waals surface area (Å²) in [4.78, 5) is 26.4. The van der Waals surface area contributed by atoms with Crippen molar-refractivity contribution in [3.05, 3.63) is 60.2 Å². The van der Waals surface area contributed by atoms with Crippen LogP contribution >= 0.6 is 0 Å². The summed E-state index contributed by atoms with van der Waals surface area (Å²) in [6.45, 7) is 1.40. The third-order valence-corrected chi connectivity index (χ3v) is 4.89. The number of aromatic nitrogens is 3. The molecule has 10 nitrogen and oxygen atoms in total. The molecule has 1 saturated heterocycles. The van der Waals surface area contributed by atoms with E-state index in [1.807, 2.05) is 36.4 Å². The molecule has 33 heavy (non-hydrogen) atoms. The number of para-hydroxylation sites is 1. The van der Waals surface area contributed by atoms with Crippen LogP contribution in [0.3, 0.4) is 0 Å². The van der Waals surface area contributed by atoms with Crippen molar-refractivity contribution in [3.63, 3.8) is 0 Å². The summed E-state index contributed by atoms with van der Waals surface area (Å²) in [7, 11) is 0. The second kappa shape index (κ2) is 10.9. The van der Waals surface area contributed by atoms with E-state index in [0.29, 0.717) is 23.6 Å². The molecule has 0 bridgehead atoms. The fourth-order valence-electron chi connectivity index (χ4n) is 3.35. The Labute approximate surface area is 191 Å². The topological polar surface area (TPSA) is 125 Å². The summed E-state index contributed by atoms with van der Waals surface area (Å²) >= 11 is 0. The molecule has 1 fully saturated rings. The predicted molar refractivity (Wildman–Crippen MR) is 126 cm³/mol. The Hall–Kier alpha value is -4.21. The number of aliphatic carboxylic acids is 1. The number of nitrogens with zero attached hydrogens (tertiary/aromatic N) is 5. The van der Waals surface area contributed by atoms with Crippen LogP contribution in [0.2, 0.25) is 0 Å². The summed E-state index contributed by atoms with van der Waals surface area (Å²) in [6, 6.07) is 16.7. The number of carbonyl (C=O) groups is 1. The first kappa shape index (κ1) is 22.0. The van der Waals surface area contributed by atoms with E-state index < -0.39 is 12.6 Å². The van der Waals surface area contributed by atoms with Gasteiger partial charge in [0.2, 0.25) is 17.8 Å². The van der Waals surface area contributed by atoms with Crippen LogP contribution < -0.4 is 20.4 Å². The van der Waals surface area contributed by atoms with Crippen LogP contribution in [-0.4, -0.2) is 51.9 Å². The maximum Gasteiger partial charge on any atom is 0.341 e. The molecule has 10 heteroatoms. The third kappa shape index (κ3) is 6.63. The number of rotatable bonds is 9. The molecule has 1 aromatic heterocycles. The molecule has 1 aliphatic rings. The van der Waals surface area contributed by atoms with Gasteiger partial charge in [-0.15, -0.1) is 0 Å². The maximum atomic E-state index is 10.7. The summed E-state index contributed by atoms with van der Waals surface area (Å²) in [5, 5.41) is 16.2. The quantitative estimate of drug-likeness (QED) is 0.334. The molecule has 0 amide bonds. The van der Waals surface area contributed by atoms with Crippen molar-refractivity contribution in [2.75, 3.05) is 35.3 Å². The lowest BCUT2D eigenvalue weighted by molar-refractivity contribution is -0.139. The molecule has 0 atom stereocenters. The average Bonchev–Trinajstić information content (AvgIpc) is 2.84. The van der Waals surface area contributed by atoms with Gasteiger partial charge in [-0.1, -0.05) is 30.3 Å². The monoisotopic (exact) mass is 447 g/mol. The van der Waals surface area contributed by atoms with E-state index >= 15 is 0 Å². The summed E-state index contributed by atoms with van der Waals surface area (Å²) in [5.74, 6) is 0.764. The molecule has 1 aliphatic heterocycles. The molecule has 2 heterocycles. The van der Waals surface area contributed by atoms with Crippen LogP contribution in [0.15, 0.2) is 59.7 Å². The molecule has 0 aliphatic carbocycles. The number of nitrogens with one attached hydrogen (secondary N) is 2. The number of hydrogen-bond donors (Lipinski definition) is 3. The van der Waals surface area contributed by atoms with Crippen molar-refractivity contribution in [1.29, 1.82) is 0 Å². The minimum absolute atomic E-state index is 0.318. The number of benzene rings is 2. The lowest BCUT2D eigenvalue weighted by Gasteiger charge is -2.26. The van der Waals surface area contributed by atoms with Gasteiger partial charge < -0.3 is 20.1 Å². The maximum absolute atomic E-state index is 10.7. The summed E-state index contributed by atoms with van der Waals surface area (Å²) in [6.07, 6.45) is 5.01. The van der Waals surface area contributed by atoms with Gasteiger partial charge in [0, 0.05) is 18.8 Å². The lowest BCUT2D eigenvalue weighted by atomic mass is 10.1. The molecule has 0 saturated carbocycles. The highest BCUT2D eigenvalue weighted by Crippen LogP contribution is 2.20. The van der Waals surface area contributed by atoms with E-state index in [1.165, 1.54) is 6.42 Å². The SMILES string of the molecule is O=C(O)COc1cccc(/C=N/Nc2nc(Nc3ccccc3)nc(N3CCCCC3)n2)c1. The molecular formula is C23H25N7O3. The zero-order valence-corrected chi connectivity index (χ0v) is 18.0. The Morgan fingerprint density at radius 1 is 1.03 bits per heavy atom. The number of hydrazone groups is 1. The third-order valence-electron chi connectivity index (χ3n) is 4.89. The number of anilines is 4. The smallest absolute Gasteiger partial charge is 0.341 e. The van der Waals surface area contributed by atoms with Gasteiger partial charge in [-0.2, -0.15) is 20.1 Å². The van der Waals surface area contributed by atoms with Crippen molar-refractivity contribution in [2.24, 2.45) is 5.10 Å². The Morgan fingerprint density at radius 3 is 2.61 bits per heavy atom. The second-order valence-corrected chi connectivity index (χ2v) is 7.45. The van der Waals surface area contributed by atoms with E-state index in [9.17, 15) is 4.79 Å². The standard InChI is InChI=1S/C23H25N7O3/c31-20(32)16-33-19-11-7-8-17(14-19)15-24-29-22-26-21(25-18-9-3-1-4-10-18)27-23(28-22)30-12-5-2-6-13-30/h1,3-4,7-11,14-15H,2,5-6,12-13,16H2,(H,31,32)(H2,25,26,27,28,29)/b24-15+. The predicted octanol–water partition coefficient (Wildman–Crippen LogP) is 3.51. The van der Waals surface area contributed by atoms with Crippen LogP contribution in [0, 0.1) is 0 Å². The Balaban J connectivity index is 1.50.